The highest BCUT2D eigenvalue weighted by molar-refractivity contribution is 5.94. The van der Waals surface area contributed by atoms with E-state index in [1.165, 1.54) is 7.05 Å². The third kappa shape index (κ3) is 3.91. The number of carbonyl (C=O) groups excluding carboxylic acids is 1. The normalized spacial score (nSPS) is 12.4. The van der Waals surface area contributed by atoms with Gasteiger partial charge in [-0.2, -0.15) is 0 Å². The van der Waals surface area contributed by atoms with Crippen LogP contribution in [0.2, 0.25) is 0 Å². The Kier molecular flexibility index (Phi) is 5.27. The van der Waals surface area contributed by atoms with Gasteiger partial charge in [0.1, 0.15) is 17.3 Å². The van der Waals surface area contributed by atoms with Gasteiger partial charge in [0, 0.05) is 19.2 Å². The number of anilines is 1. The van der Waals surface area contributed by atoms with Gasteiger partial charge in [0.2, 0.25) is 0 Å². The van der Waals surface area contributed by atoms with Gasteiger partial charge >= 0.3 is 0 Å². The van der Waals surface area contributed by atoms with Crippen LogP contribution in [0.15, 0.2) is 12.1 Å². The van der Waals surface area contributed by atoms with Gasteiger partial charge in [0.25, 0.3) is 5.91 Å². The Hall–Kier alpha value is -1.65. The first-order valence-electron chi connectivity index (χ1n) is 6.31. The Balaban J connectivity index is 2.78. The van der Waals surface area contributed by atoms with Crippen molar-refractivity contribution < 1.29 is 13.6 Å². The number of nitrogens with one attached hydrogen (secondary N) is 2. The molecule has 2 N–H and O–H groups in total. The molecule has 1 atom stereocenters. The highest BCUT2D eigenvalue weighted by Gasteiger charge is 2.15. The van der Waals surface area contributed by atoms with E-state index in [4.69, 9.17) is 0 Å². The molecular formula is C14H20F2N2O. The first kappa shape index (κ1) is 15.4. The average molecular weight is 270 g/mol. The number of halogens is 2. The molecule has 3 nitrogen and oxygen atoms in total. The first-order chi connectivity index (χ1) is 8.86. The van der Waals surface area contributed by atoms with Crippen LogP contribution in [0.25, 0.3) is 0 Å². The molecule has 0 spiro atoms. The van der Waals surface area contributed by atoms with Crippen LogP contribution in [-0.2, 0) is 0 Å². The lowest BCUT2D eigenvalue weighted by Gasteiger charge is -2.16. The van der Waals surface area contributed by atoms with Crippen LogP contribution in [0, 0.1) is 23.5 Å². The highest BCUT2D eigenvalue weighted by Crippen LogP contribution is 2.20. The summed E-state index contributed by atoms with van der Waals surface area (Å²) in [5.41, 5.74) is -0.239. The van der Waals surface area contributed by atoms with Gasteiger partial charge in [0.05, 0.1) is 0 Å². The molecule has 106 valence electrons. The monoisotopic (exact) mass is 270 g/mol. The fraction of sp³-hybridized carbons (Fsp3) is 0.500. The Labute approximate surface area is 112 Å². The number of hydrogen-bond acceptors (Lipinski definition) is 2. The predicted octanol–water partition coefficient (Wildman–Crippen LogP) is 3.03. The molecule has 0 bridgehead atoms. The van der Waals surface area contributed by atoms with Gasteiger partial charge < -0.3 is 10.6 Å². The second kappa shape index (κ2) is 6.50. The lowest BCUT2D eigenvalue weighted by Crippen LogP contribution is -2.30. The Morgan fingerprint density at radius 2 is 1.74 bits per heavy atom. The lowest BCUT2D eigenvalue weighted by atomic mass is 9.98. The second-order valence-corrected chi connectivity index (χ2v) is 5.00. The molecule has 0 aliphatic carbocycles. The minimum Gasteiger partial charge on any atom is -0.383 e. The lowest BCUT2D eigenvalue weighted by molar-refractivity contribution is 0.0944. The molecule has 1 aromatic carbocycles. The summed E-state index contributed by atoms with van der Waals surface area (Å²) in [7, 11) is 1.42. The molecule has 0 aliphatic heterocycles. The molecule has 1 amide bonds. The van der Waals surface area contributed by atoms with E-state index >= 15 is 0 Å². The van der Waals surface area contributed by atoms with Crippen molar-refractivity contribution in [3.63, 3.8) is 0 Å². The van der Waals surface area contributed by atoms with Crippen LogP contribution in [0.5, 0.6) is 0 Å². The molecule has 0 fully saturated rings. The number of hydrogen-bond donors (Lipinski definition) is 2. The average Bonchev–Trinajstić information content (AvgIpc) is 2.34. The molecule has 19 heavy (non-hydrogen) atoms. The Morgan fingerprint density at radius 1 is 1.21 bits per heavy atom. The van der Waals surface area contributed by atoms with E-state index in [0.29, 0.717) is 18.4 Å². The van der Waals surface area contributed by atoms with Crippen molar-refractivity contribution in [1.29, 1.82) is 0 Å². The second-order valence-electron chi connectivity index (χ2n) is 5.00. The number of benzene rings is 1. The standard InChI is InChI=1S/C14H20F2N2O/c1-8(2)9(3)7-18-14(19)10-5-11(15)13(17-4)12(16)6-10/h5-6,8-9,17H,7H2,1-4H3,(H,18,19). The fourth-order valence-electron chi connectivity index (χ4n) is 1.53. The van der Waals surface area contributed by atoms with E-state index in [0.717, 1.165) is 12.1 Å². The van der Waals surface area contributed by atoms with Crippen LogP contribution in [0.1, 0.15) is 31.1 Å². The summed E-state index contributed by atoms with van der Waals surface area (Å²) in [5, 5.41) is 5.09. The van der Waals surface area contributed by atoms with E-state index < -0.39 is 17.5 Å². The van der Waals surface area contributed by atoms with Gasteiger partial charge in [-0.05, 0) is 24.0 Å². The minimum atomic E-state index is -0.774. The van der Waals surface area contributed by atoms with E-state index in [1.54, 1.807) is 0 Å². The van der Waals surface area contributed by atoms with Crippen molar-refractivity contribution in [2.75, 3.05) is 18.9 Å². The molecule has 5 heteroatoms. The molecule has 1 aromatic rings. The summed E-state index contributed by atoms with van der Waals surface area (Å²) in [6, 6.07) is 2.06. The highest BCUT2D eigenvalue weighted by atomic mass is 19.1. The molecular weight excluding hydrogens is 250 g/mol. The van der Waals surface area contributed by atoms with Gasteiger partial charge in [-0.15, -0.1) is 0 Å². The van der Waals surface area contributed by atoms with Gasteiger partial charge in [-0.1, -0.05) is 20.8 Å². The summed E-state index contributed by atoms with van der Waals surface area (Å²) in [4.78, 5) is 11.8. The molecule has 0 heterocycles. The Morgan fingerprint density at radius 3 is 2.16 bits per heavy atom. The topological polar surface area (TPSA) is 41.1 Å². The maximum Gasteiger partial charge on any atom is 0.251 e. The summed E-state index contributed by atoms with van der Waals surface area (Å²) in [6.07, 6.45) is 0. The predicted molar refractivity (Wildman–Crippen MR) is 72.2 cm³/mol. The minimum absolute atomic E-state index is 0.00930. The smallest absolute Gasteiger partial charge is 0.251 e. The Bertz CT molecular complexity index is 438. The van der Waals surface area contributed by atoms with Gasteiger partial charge in [-0.3, -0.25) is 4.79 Å². The number of carbonyl (C=O) groups is 1. The summed E-state index contributed by atoms with van der Waals surface area (Å²) < 4.78 is 27.0. The fourth-order valence-corrected chi connectivity index (χ4v) is 1.53. The van der Waals surface area contributed by atoms with Crippen molar-refractivity contribution in [3.8, 4) is 0 Å². The van der Waals surface area contributed by atoms with Crippen molar-refractivity contribution in [2.24, 2.45) is 11.8 Å². The summed E-state index contributed by atoms with van der Waals surface area (Å²) in [5.74, 6) is -1.28. The molecule has 0 aliphatic rings. The number of amides is 1. The van der Waals surface area contributed by atoms with Crippen molar-refractivity contribution in [3.05, 3.63) is 29.3 Å². The zero-order chi connectivity index (χ0) is 14.6. The van der Waals surface area contributed by atoms with E-state index in [9.17, 15) is 13.6 Å². The van der Waals surface area contributed by atoms with Gasteiger partial charge in [-0.25, -0.2) is 8.78 Å². The third-order valence-electron chi connectivity index (χ3n) is 3.28. The molecule has 1 rings (SSSR count). The largest absolute Gasteiger partial charge is 0.383 e. The zero-order valence-electron chi connectivity index (χ0n) is 11.7. The zero-order valence-corrected chi connectivity index (χ0v) is 11.7. The molecule has 0 radical (unpaired) electrons. The van der Waals surface area contributed by atoms with Gasteiger partial charge in [0.15, 0.2) is 0 Å². The van der Waals surface area contributed by atoms with Crippen LogP contribution in [-0.4, -0.2) is 19.5 Å². The van der Waals surface area contributed by atoms with Crippen molar-refractivity contribution >= 4 is 11.6 Å². The van der Waals surface area contributed by atoms with Crippen LogP contribution in [0.4, 0.5) is 14.5 Å². The number of rotatable bonds is 5. The first-order valence-corrected chi connectivity index (χ1v) is 6.31. The molecule has 0 aromatic heterocycles. The maximum absolute atomic E-state index is 13.5. The maximum atomic E-state index is 13.5. The van der Waals surface area contributed by atoms with Crippen LogP contribution < -0.4 is 10.6 Å². The van der Waals surface area contributed by atoms with E-state index in [-0.39, 0.29) is 11.3 Å². The van der Waals surface area contributed by atoms with E-state index in [2.05, 4.69) is 24.5 Å². The van der Waals surface area contributed by atoms with Crippen LogP contribution >= 0.6 is 0 Å². The molecule has 1 unspecified atom stereocenters. The van der Waals surface area contributed by atoms with Crippen molar-refractivity contribution in [2.45, 2.75) is 20.8 Å². The summed E-state index contributed by atoms with van der Waals surface area (Å²) >= 11 is 0. The van der Waals surface area contributed by atoms with E-state index in [1.807, 2.05) is 6.92 Å². The molecule has 0 saturated carbocycles. The van der Waals surface area contributed by atoms with Crippen LogP contribution in [0.3, 0.4) is 0 Å². The van der Waals surface area contributed by atoms with Crippen molar-refractivity contribution in [1.82, 2.24) is 5.32 Å². The quantitative estimate of drug-likeness (QED) is 0.863. The third-order valence-corrected chi connectivity index (χ3v) is 3.28. The SMILES string of the molecule is CNc1c(F)cc(C(=O)NCC(C)C(C)C)cc1F. The summed E-state index contributed by atoms with van der Waals surface area (Å²) in [6.45, 7) is 6.60. The molecule has 0 saturated heterocycles.